The maximum atomic E-state index is 12.4. The Morgan fingerprint density at radius 1 is 1.11 bits per heavy atom. The summed E-state index contributed by atoms with van der Waals surface area (Å²) in [6.07, 6.45) is 0.948. The third kappa shape index (κ3) is 8.77. The third-order valence-corrected chi connectivity index (χ3v) is 4.67. The summed E-state index contributed by atoms with van der Waals surface area (Å²) in [5, 5.41) is 22.6. The number of benzene rings is 1. The minimum Gasteiger partial charge on any atom is -0.490 e. The molecular weight excluding hydrogens is 450 g/mol. The fraction of sp³-hybridized carbons (Fsp3) is 0.480. The van der Waals surface area contributed by atoms with E-state index in [-0.39, 0.29) is 18.4 Å². The SMILES string of the molecule is CNC(=O)Oc1cc(-c2ccc(OC[C@](C)(CC(C)C)NC(=O)OC(C)(C)C)c(C#N)c2)cnn1. The standard InChI is InChI=1S/C25H33N5O5/c1-16(2)12-25(6,29-23(32)35-24(3,4)5)15-33-20-9-8-17(10-18(20)13-26)19-11-21(30-28-14-19)34-22(31)27-7/h8-11,14,16H,12,15H2,1-7H3,(H,27,31)(H,29,32)/t25-/m0/s1. The Kier molecular flexibility index (Phi) is 9.00. The monoisotopic (exact) mass is 483 g/mol. The largest absolute Gasteiger partial charge is 0.490 e. The molecule has 2 rings (SSSR count). The van der Waals surface area contributed by atoms with Gasteiger partial charge in [0.25, 0.3) is 0 Å². The molecule has 35 heavy (non-hydrogen) atoms. The smallest absolute Gasteiger partial charge is 0.413 e. The van der Waals surface area contributed by atoms with Gasteiger partial charge in [0.15, 0.2) is 0 Å². The first-order valence-corrected chi connectivity index (χ1v) is 11.2. The van der Waals surface area contributed by atoms with Crippen molar-refractivity contribution in [1.82, 2.24) is 20.8 Å². The van der Waals surface area contributed by atoms with Crippen LogP contribution >= 0.6 is 0 Å². The van der Waals surface area contributed by atoms with Crippen molar-refractivity contribution in [2.75, 3.05) is 13.7 Å². The van der Waals surface area contributed by atoms with Crippen molar-refractivity contribution in [3.63, 3.8) is 0 Å². The molecule has 0 fully saturated rings. The van der Waals surface area contributed by atoms with E-state index in [0.29, 0.717) is 28.9 Å². The Balaban J connectivity index is 2.22. The Morgan fingerprint density at radius 3 is 2.43 bits per heavy atom. The number of nitriles is 1. The van der Waals surface area contributed by atoms with Crippen molar-refractivity contribution >= 4 is 12.2 Å². The predicted molar refractivity (Wildman–Crippen MR) is 130 cm³/mol. The first kappa shape index (κ1) is 27.4. The zero-order valence-electron chi connectivity index (χ0n) is 21.3. The zero-order chi connectivity index (χ0) is 26.2. The number of aromatic nitrogens is 2. The van der Waals surface area contributed by atoms with Crippen LogP contribution in [0.5, 0.6) is 11.6 Å². The maximum Gasteiger partial charge on any atom is 0.413 e. The molecule has 1 aromatic heterocycles. The first-order chi connectivity index (χ1) is 16.3. The van der Waals surface area contributed by atoms with Crippen molar-refractivity contribution in [3.8, 4) is 28.8 Å². The van der Waals surface area contributed by atoms with E-state index in [9.17, 15) is 14.9 Å². The molecule has 1 heterocycles. The molecule has 0 saturated carbocycles. The molecule has 0 aliphatic heterocycles. The second-order valence-electron chi connectivity index (χ2n) is 9.82. The highest BCUT2D eigenvalue weighted by Crippen LogP contribution is 2.29. The molecule has 0 bridgehead atoms. The maximum absolute atomic E-state index is 12.4. The average Bonchev–Trinajstić information content (AvgIpc) is 2.75. The lowest BCUT2D eigenvalue weighted by molar-refractivity contribution is 0.0408. The fourth-order valence-electron chi connectivity index (χ4n) is 3.46. The van der Waals surface area contributed by atoms with E-state index in [2.05, 4.69) is 40.7 Å². The van der Waals surface area contributed by atoms with Crippen molar-refractivity contribution in [1.29, 1.82) is 5.26 Å². The van der Waals surface area contributed by atoms with E-state index in [1.807, 2.05) is 6.92 Å². The minimum absolute atomic E-state index is 0.0263. The molecule has 10 heteroatoms. The van der Waals surface area contributed by atoms with Crippen LogP contribution in [0.4, 0.5) is 9.59 Å². The van der Waals surface area contributed by atoms with Gasteiger partial charge in [-0.1, -0.05) is 19.9 Å². The number of amides is 2. The summed E-state index contributed by atoms with van der Waals surface area (Å²) in [6.45, 7) is 11.5. The van der Waals surface area contributed by atoms with Gasteiger partial charge in [0.05, 0.1) is 17.3 Å². The van der Waals surface area contributed by atoms with Gasteiger partial charge in [0.2, 0.25) is 5.88 Å². The van der Waals surface area contributed by atoms with Gasteiger partial charge in [0, 0.05) is 18.7 Å². The van der Waals surface area contributed by atoms with Crippen molar-refractivity contribution in [3.05, 3.63) is 36.0 Å². The van der Waals surface area contributed by atoms with Gasteiger partial charge < -0.3 is 24.8 Å². The topological polar surface area (TPSA) is 135 Å². The summed E-state index contributed by atoms with van der Waals surface area (Å²) in [6, 6.07) is 8.78. The molecule has 0 spiro atoms. The second kappa shape index (κ2) is 11.5. The number of carbonyl (C=O) groups excluding carboxylic acids is 2. The molecule has 0 saturated heterocycles. The lowest BCUT2D eigenvalue weighted by Crippen LogP contribution is -2.52. The van der Waals surface area contributed by atoms with Crippen LogP contribution < -0.4 is 20.1 Å². The fourth-order valence-corrected chi connectivity index (χ4v) is 3.46. The number of nitrogens with one attached hydrogen (secondary N) is 2. The summed E-state index contributed by atoms with van der Waals surface area (Å²) in [4.78, 5) is 23.9. The molecule has 10 nitrogen and oxygen atoms in total. The number of hydrogen-bond donors (Lipinski definition) is 2. The molecule has 2 aromatic rings. The summed E-state index contributed by atoms with van der Waals surface area (Å²) in [5.41, 5.74) is 0.238. The molecular formula is C25H33N5O5. The number of nitrogens with zero attached hydrogens (tertiary/aromatic N) is 3. The molecule has 0 aliphatic carbocycles. The van der Waals surface area contributed by atoms with Gasteiger partial charge in [-0.3, -0.25) is 0 Å². The van der Waals surface area contributed by atoms with E-state index < -0.39 is 23.3 Å². The number of ether oxygens (including phenoxy) is 3. The molecule has 2 amide bonds. The molecule has 0 unspecified atom stereocenters. The molecule has 1 atom stereocenters. The van der Waals surface area contributed by atoms with Crippen LogP contribution in [0.25, 0.3) is 11.1 Å². The summed E-state index contributed by atoms with van der Waals surface area (Å²) < 4.78 is 16.4. The Bertz CT molecular complexity index is 1090. The van der Waals surface area contributed by atoms with E-state index in [4.69, 9.17) is 14.2 Å². The number of alkyl carbamates (subject to hydrolysis) is 1. The van der Waals surface area contributed by atoms with Crippen molar-refractivity contribution in [2.24, 2.45) is 5.92 Å². The Morgan fingerprint density at radius 2 is 1.83 bits per heavy atom. The number of rotatable bonds is 8. The normalized spacial score (nSPS) is 12.8. The van der Waals surface area contributed by atoms with Gasteiger partial charge >= 0.3 is 12.2 Å². The van der Waals surface area contributed by atoms with Gasteiger partial charge in [-0.2, -0.15) is 10.4 Å². The van der Waals surface area contributed by atoms with E-state index >= 15 is 0 Å². The highest BCUT2D eigenvalue weighted by Gasteiger charge is 2.31. The van der Waals surface area contributed by atoms with E-state index in [1.165, 1.54) is 13.2 Å². The Labute approximate surface area is 206 Å². The molecule has 0 aliphatic rings. The quantitative estimate of drug-likeness (QED) is 0.562. The summed E-state index contributed by atoms with van der Waals surface area (Å²) in [7, 11) is 1.44. The summed E-state index contributed by atoms with van der Waals surface area (Å²) >= 11 is 0. The van der Waals surface area contributed by atoms with Gasteiger partial charge in [-0.15, -0.1) is 5.10 Å². The van der Waals surface area contributed by atoms with Crippen LogP contribution in [0.3, 0.4) is 0 Å². The zero-order valence-corrected chi connectivity index (χ0v) is 21.3. The molecule has 1 aromatic carbocycles. The van der Waals surface area contributed by atoms with Crippen LogP contribution in [-0.2, 0) is 4.74 Å². The molecule has 2 N–H and O–H groups in total. The number of hydrogen-bond acceptors (Lipinski definition) is 8. The van der Waals surface area contributed by atoms with Gasteiger partial charge in [-0.05, 0) is 57.7 Å². The minimum atomic E-state index is -0.719. The molecule has 188 valence electrons. The Hall–Kier alpha value is -3.87. The van der Waals surface area contributed by atoms with Crippen LogP contribution in [0, 0.1) is 17.2 Å². The second-order valence-corrected chi connectivity index (χ2v) is 9.82. The van der Waals surface area contributed by atoms with Crippen molar-refractivity contribution < 1.29 is 23.8 Å². The highest BCUT2D eigenvalue weighted by atomic mass is 16.6. The van der Waals surface area contributed by atoms with E-state index in [1.54, 1.807) is 45.0 Å². The van der Waals surface area contributed by atoms with E-state index in [0.717, 1.165) is 0 Å². The number of carbonyl (C=O) groups is 2. The van der Waals surface area contributed by atoms with Crippen LogP contribution in [0.1, 0.15) is 53.5 Å². The van der Waals surface area contributed by atoms with Crippen molar-refractivity contribution in [2.45, 2.75) is 59.1 Å². The first-order valence-electron chi connectivity index (χ1n) is 11.2. The summed E-state index contributed by atoms with van der Waals surface area (Å²) in [5.74, 6) is 0.682. The van der Waals surface area contributed by atoms with Crippen LogP contribution in [0.2, 0.25) is 0 Å². The molecule has 0 radical (unpaired) electrons. The predicted octanol–water partition coefficient (Wildman–Crippen LogP) is 4.44. The lowest BCUT2D eigenvalue weighted by atomic mass is 9.91. The van der Waals surface area contributed by atoms with Crippen LogP contribution in [0.15, 0.2) is 30.5 Å². The van der Waals surface area contributed by atoms with Gasteiger partial charge in [-0.25, -0.2) is 9.59 Å². The highest BCUT2D eigenvalue weighted by molar-refractivity contribution is 5.71. The lowest BCUT2D eigenvalue weighted by Gasteiger charge is -2.33. The third-order valence-electron chi connectivity index (χ3n) is 4.67. The van der Waals surface area contributed by atoms with Gasteiger partial charge in [0.1, 0.15) is 24.0 Å². The average molecular weight is 484 g/mol. The van der Waals surface area contributed by atoms with Crippen LogP contribution in [-0.4, -0.2) is 47.2 Å².